The monoisotopic (exact) mass is 319 g/mol. The first-order valence-corrected chi connectivity index (χ1v) is 7.58. The van der Waals surface area contributed by atoms with Crippen LogP contribution in [0.1, 0.15) is 20.8 Å². The van der Waals surface area contributed by atoms with Crippen molar-refractivity contribution in [3.05, 3.63) is 34.8 Å². The zero-order valence-corrected chi connectivity index (χ0v) is 13.5. The highest BCUT2D eigenvalue weighted by atomic mass is 16.4. The van der Waals surface area contributed by atoms with Crippen LogP contribution >= 0.6 is 0 Å². The third kappa shape index (κ3) is 4.00. The maximum absolute atomic E-state index is 12.4. The molecule has 0 atom stereocenters. The lowest BCUT2D eigenvalue weighted by Crippen LogP contribution is -2.44. The number of amides is 2. The number of benzene rings is 1. The highest BCUT2D eigenvalue weighted by molar-refractivity contribution is 5.85. The Hall–Kier alpha value is -2.57. The molecule has 0 aliphatic heterocycles. The maximum Gasteiger partial charge on any atom is 0.420 e. The number of aromatic nitrogens is 1. The molecule has 1 aromatic carbocycles. The van der Waals surface area contributed by atoms with Gasteiger partial charge in [-0.25, -0.2) is 4.79 Å². The van der Waals surface area contributed by atoms with Gasteiger partial charge in [-0.2, -0.15) is 0 Å². The van der Waals surface area contributed by atoms with Crippen molar-refractivity contribution in [3.8, 4) is 0 Å². The quantitative estimate of drug-likeness (QED) is 0.860. The summed E-state index contributed by atoms with van der Waals surface area (Å²) in [7, 11) is 0. The van der Waals surface area contributed by atoms with E-state index in [-0.39, 0.29) is 30.9 Å². The van der Waals surface area contributed by atoms with Crippen LogP contribution < -0.4 is 11.1 Å². The minimum Gasteiger partial charge on any atom is -0.408 e. The van der Waals surface area contributed by atoms with Gasteiger partial charge in [0.15, 0.2) is 5.58 Å². The molecule has 0 saturated heterocycles. The van der Waals surface area contributed by atoms with Crippen LogP contribution in [0.3, 0.4) is 0 Å². The highest BCUT2D eigenvalue weighted by Gasteiger charge is 2.19. The molecule has 2 rings (SSSR count). The van der Waals surface area contributed by atoms with E-state index in [1.807, 2.05) is 13.8 Å². The second-order valence-corrected chi connectivity index (χ2v) is 5.55. The van der Waals surface area contributed by atoms with Crippen molar-refractivity contribution in [1.82, 2.24) is 14.8 Å². The molecule has 0 fully saturated rings. The molecular weight excluding hydrogens is 298 g/mol. The summed E-state index contributed by atoms with van der Waals surface area (Å²) in [4.78, 5) is 37.5. The van der Waals surface area contributed by atoms with Crippen LogP contribution in [0.15, 0.2) is 33.5 Å². The second kappa shape index (κ2) is 7.13. The number of rotatable bonds is 6. The van der Waals surface area contributed by atoms with Gasteiger partial charge in [0.2, 0.25) is 11.8 Å². The fourth-order valence-corrected chi connectivity index (χ4v) is 2.32. The number of likely N-dealkylation sites (N-methyl/N-ethyl adjacent to an activating group) is 1. The standard InChI is InChI=1S/C16H21N3O4/c1-4-18(9-14(20)17-11(2)3)15(21)10-19-12-7-5-6-8-13(12)23-16(19)22/h5-8,11H,4,9-10H2,1-3H3,(H,17,20). The van der Waals surface area contributed by atoms with Gasteiger partial charge in [0.05, 0.1) is 12.1 Å². The van der Waals surface area contributed by atoms with Crippen molar-refractivity contribution in [1.29, 1.82) is 0 Å². The van der Waals surface area contributed by atoms with Crippen molar-refractivity contribution in [2.24, 2.45) is 0 Å². The van der Waals surface area contributed by atoms with Gasteiger partial charge in [0, 0.05) is 12.6 Å². The molecule has 1 aromatic heterocycles. The number of nitrogens with one attached hydrogen (secondary N) is 1. The van der Waals surface area contributed by atoms with Gasteiger partial charge in [-0.15, -0.1) is 0 Å². The lowest BCUT2D eigenvalue weighted by Gasteiger charge is -2.21. The maximum atomic E-state index is 12.4. The van der Waals surface area contributed by atoms with Gasteiger partial charge in [0.25, 0.3) is 0 Å². The second-order valence-electron chi connectivity index (χ2n) is 5.55. The first-order valence-electron chi connectivity index (χ1n) is 7.58. The Morgan fingerprint density at radius 2 is 2.00 bits per heavy atom. The molecule has 0 spiro atoms. The zero-order valence-electron chi connectivity index (χ0n) is 13.5. The fourth-order valence-electron chi connectivity index (χ4n) is 2.32. The number of para-hydroxylation sites is 2. The zero-order chi connectivity index (χ0) is 17.0. The Morgan fingerprint density at radius 3 is 2.65 bits per heavy atom. The molecule has 7 nitrogen and oxygen atoms in total. The molecule has 2 amide bonds. The Kier molecular flexibility index (Phi) is 5.20. The number of oxazole rings is 1. The Morgan fingerprint density at radius 1 is 1.30 bits per heavy atom. The van der Waals surface area contributed by atoms with Crippen LogP contribution in [0.25, 0.3) is 11.1 Å². The van der Waals surface area contributed by atoms with Gasteiger partial charge < -0.3 is 14.6 Å². The summed E-state index contributed by atoms with van der Waals surface area (Å²) >= 11 is 0. The number of hydrogen-bond acceptors (Lipinski definition) is 4. The van der Waals surface area contributed by atoms with E-state index in [1.165, 1.54) is 9.47 Å². The van der Waals surface area contributed by atoms with Crippen LogP contribution in [-0.4, -0.2) is 40.4 Å². The lowest BCUT2D eigenvalue weighted by atomic mass is 10.3. The van der Waals surface area contributed by atoms with E-state index >= 15 is 0 Å². The van der Waals surface area contributed by atoms with E-state index in [1.54, 1.807) is 31.2 Å². The Labute approximate surface area is 133 Å². The van der Waals surface area contributed by atoms with E-state index in [4.69, 9.17) is 4.42 Å². The van der Waals surface area contributed by atoms with Crippen LogP contribution in [-0.2, 0) is 16.1 Å². The van der Waals surface area contributed by atoms with Gasteiger partial charge in [0.1, 0.15) is 6.54 Å². The average Bonchev–Trinajstić information content (AvgIpc) is 2.80. The average molecular weight is 319 g/mol. The third-order valence-electron chi connectivity index (χ3n) is 3.39. The van der Waals surface area contributed by atoms with Crippen molar-refractivity contribution < 1.29 is 14.0 Å². The molecule has 1 heterocycles. The molecule has 7 heteroatoms. The molecule has 0 aliphatic rings. The molecule has 0 radical (unpaired) electrons. The van der Waals surface area contributed by atoms with E-state index < -0.39 is 5.76 Å². The normalized spacial score (nSPS) is 11.0. The number of hydrogen-bond donors (Lipinski definition) is 1. The summed E-state index contributed by atoms with van der Waals surface area (Å²) in [6, 6.07) is 6.93. The topological polar surface area (TPSA) is 84.5 Å². The van der Waals surface area contributed by atoms with Crippen LogP contribution in [0.4, 0.5) is 0 Å². The molecule has 0 saturated carbocycles. The summed E-state index contributed by atoms with van der Waals surface area (Å²) in [6.45, 7) is 5.70. The molecule has 0 bridgehead atoms. The Balaban J connectivity index is 2.14. The third-order valence-corrected chi connectivity index (χ3v) is 3.39. The van der Waals surface area contributed by atoms with Gasteiger partial charge in [-0.1, -0.05) is 12.1 Å². The predicted octanol–water partition coefficient (Wildman–Crippen LogP) is 0.968. The van der Waals surface area contributed by atoms with E-state index in [0.29, 0.717) is 17.6 Å². The van der Waals surface area contributed by atoms with Crippen molar-refractivity contribution in [3.63, 3.8) is 0 Å². The minimum absolute atomic E-state index is 0.0109. The predicted molar refractivity (Wildman–Crippen MR) is 86.0 cm³/mol. The van der Waals surface area contributed by atoms with E-state index in [9.17, 15) is 14.4 Å². The number of nitrogens with zero attached hydrogens (tertiary/aromatic N) is 2. The van der Waals surface area contributed by atoms with Gasteiger partial charge in [-0.05, 0) is 32.9 Å². The lowest BCUT2D eigenvalue weighted by molar-refractivity contribution is -0.136. The van der Waals surface area contributed by atoms with Gasteiger partial charge >= 0.3 is 5.76 Å². The molecular formula is C16H21N3O4. The molecule has 0 aliphatic carbocycles. The van der Waals surface area contributed by atoms with Gasteiger partial charge in [-0.3, -0.25) is 14.2 Å². The molecule has 23 heavy (non-hydrogen) atoms. The first kappa shape index (κ1) is 16.8. The SMILES string of the molecule is CCN(CC(=O)NC(C)C)C(=O)Cn1c(=O)oc2ccccc21. The van der Waals surface area contributed by atoms with Crippen molar-refractivity contribution in [2.45, 2.75) is 33.4 Å². The van der Waals surface area contributed by atoms with Crippen molar-refractivity contribution >= 4 is 22.9 Å². The molecule has 2 aromatic rings. The first-order chi connectivity index (χ1) is 10.9. The summed E-state index contributed by atoms with van der Waals surface area (Å²) < 4.78 is 6.38. The molecule has 1 N–H and O–H groups in total. The molecule has 0 unspecified atom stereocenters. The minimum atomic E-state index is -0.581. The highest BCUT2D eigenvalue weighted by Crippen LogP contribution is 2.11. The number of carbonyl (C=O) groups is 2. The van der Waals surface area contributed by atoms with E-state index in [0.717, 1.165) is 0 Å². The van der Waals surface area contributed by atoms with Crippen molar-refractivity contribution in [2.75, 3.05) is 13.1 Å². The fraction of sp³-hybridized carbons (Fsp3) is 0.438. The summed E-state index contributed by atoms with van der Waals surface area (Å²) in [5.74, 6) is -1.11. The smallest absolute Gasteiger partial charge is 0.408 e. The Bertz CT molecular complexity index is 760. The van der Waals surface area contributed by atoms with Crippen LogP contribution in [0.5, 0.6) is 0 Å². The largest absolute Gasteiger partial charge is 0.420 e. The van der Waals surface area contributed by atoms with Crippen LogP contribution in [0, 0.1) is 0 Å². The van der Waals surface area contributed by atoms with Crippen LogP contribution in [0.2, 0.25) is 0 Å². The summed E-state index contributed by atoms with van der Waals surface area (Å²) in [5.41, 5.74) is 0.999. The number of fused-ring (bicyclic) bond motifs is 1. The summed E-state index contributed by atoms with van der Waals surface area (Å²) in [6.07, 6.45) is 0. The van der Waals surface area contributed by atoms with E-state index in [2.05, 4.69) is 5.32 Å². The molecule has 124 valence electrons. The number of carbonyl (C=O) groups excluding carboxylic acids is 2. The summed E-state index contributed by atoms with van der Waals surface area (Å²) in [5, 5.41) is 2.74.